The van der Waals surface area contributed by atoms with Gasteiger partial charge in [0.1, 0.15) is 28.7 Å². The summed E-state index contributed by atoms with van der Waals surface area (Å²) in [6.07, 6.45) is 0. The topological polar surface area (TPSA) is 68.6 Å². The Morgan fingerprint density at radius 3 is 2.39 bits per heavy atom. The smallest absolute Gasteiger partial charge is 0.387 e. The van der Waals surface area contributed by atoms with E-state index in [0.717, 1.165) is 13.2 Å². The van der Waals surface area contributed by atoms with Crippen molar-refractivity contribution in [3.63, 3.8) is 0 Å². The highest BCUT2D eigenvalue weighted by Gasteiger charge is 2.24. The van der Waals surface area contributed by atoms with Crippen LogP contribution in [0.25, 0.3) is 0 Å². The molecular weight excluding hydrogens is 248 g/mol. The minimum absolute atomic E-state index is 0.0690. The Hall–Kier alpha value is -2.36. The second kappa shape index (κ2) is 5.82. The molecule has 0 saturated carbocycles. The average Bonchev–Trinajstić information content (AvgIpc) is 2.36. The average molecular weight is 257 g/mol. The van der Waals surface area contributed by atoms with Crippen LogP contribution in [0.1, 0.15) is 15.9 Å². The fourth-order valence-corrected chi connectivity index (χ4v) is 1.34. The maximum Gasteiger partial charge on any atom is 0.387 e. The number of carbonyl (C=O) groups is 1. The summed E-state index contributed by atoms with van der Waals surface area (Å²) >= 11 is 0. The van der Waals surface area contributed by atoms with Gasteiger partial charge in [-0.1, -0.05) is 0 Å². The van der Waals surface area contributed by atoms with Gasteiger partial charge in [0.15, 0.2) is 0 Å². The van der Waals surface area contributed by atoms with Crippen molar-refractivity contribution in [2.24, 2.45) is 0 Å². The van der Waals surface area contributed by atoms with E-state index < -0.39 is 18.3 Å². The number of alkyl halides is 2. The van der Waals surface area contributed by atoms with Gasteiger partial charge in [-0.25, -0.2) is 4.79 Å². The molecule has 1 rings (SSSR count). The van der Waals surface area contributed by atoms with Crippen LogP contribution >= 0.6 is 0 Å². The van der Waals surface area contributed by atoms with Crippen molar-refractivity contribution in [2.45, 2.75) is 6.61 Å². The molecule has 0 aliphatic heterocycles. The van der Waals surface area contributed by atoms with Gasteiger partial charge in [0.2, 0.25) is 0 Å². The van der Waals surface area contributed by atoms with Crippen LogP contribution < -0.4 is 9.47 Å². The van der Waals surface area contributed by atoms with Crippen LogP contribution in [0.3, 0.4) is 0 Å². The lowest BCUT2D eigenvalue weighted by molar-refractivity contribution is -0.0504. The van der Waals surface area contributed by atoms with E-state index in [1.807, 2.05) is 0 Å². The molecule has 5 nitrogen and oxygen atoms in total. The maximum atomic E-state index is 12.2. The molecule has 7 heteroatoms. The Balaban J connectivity index is 3.45. The Kier molecular flexibility index (Phi) is 4.43. The third-order valence-electron chi connectivity index (χ3n) is 2.07. The predicted molar refractivity (Wildman–Crippen MR) is 55.7 cm³/mol. The third kappa shape index (κ3) is 2.66. The summed E-state index contributed by atoms with van der Waals surface area (Å²) in [7, 11) is 2.35. The third-order valence-corrected chi connectivity index (χ3v) is 2.07. The van der Waals surface area contributed by atoms with E-state index >= 15 is 0 Å². The molecule has 0 radical (unpaired) electrons. The fraction of sp³-hybridized carbons (Fsp3) is 0.273. The van der Waals surface area contributed by atoms with Gasteiger partial charge >= 0.3 is 12.6 Å². The number of benzene rings is 1. The lowest BCUT2D eigenvalue weighted by atomic mass is 10.1. The highest BCUT2D eigenvalue weighted by molar-refractivity contribution is 5.96. The summed E-state index contributed by atoms with van der Waals surface area (Å²) in [5, 5.41) is 8.95. The number of rotatable bonds is 4. The molecule has 1 aromatic carbocycles. The predicted octanol–water partition coefficient (Wildman–Crippen LogP) is 1.95. The van der Waals surface area contributed by atoms with Crippen molar-refractivity contribution in [1.82, 2.24) is 0 Å². The highest BCUT2D eigenvalue weighted by Crippen LogP contribution is 2.31. The number of esters is 1. The fourth-order valence-electron chi connectivity index (χ4n) is 1.34. The van der Waals surface area contributed by atoms with Crippen molar-refractivity contribution in [3.8, 4) is 17.6 Å². The first-order valence-electron chi connectivity index (χ1n) is 4.69. The van der Waals surface area contributed by atoms with Gasteiger partial charge in [-0.3, -0.25) is 0 Å². The second-order valence-corrected chi connectivity index (χ2v) is 3.00. The zero-order valence-electron chi connectivity index (χ0n) is 9.57. The molecule has 0 unspecified atom stereocenters. The minimum Gasteiger partial charge on any atom is -0.495 e. The van der Waals surface area contributed by atoms with Gasteiger partial charge in [-0.2, -0.15) is 14.0 Å². The first-order valence-corrected chi connectivity index (χ1v) is 4.69. The molecule has 0 amide bonds. The highest BCUT2D eigenvalue weighted by atomic mass is 19.3. The van der Waals surface area contributed by atoms with E-state index in [1.165, 1.54) is 13.2 Å². The molecule has 96 valence electrons. The van der Waals surface area contributed by atoms with E-state index in [4.69, 9.17) is 10.00 Å². The Morgan fingerprint density at radius 1 is 1.33 bits per heavy atom. The normalized spacial score (nSPS) is 9.78. The molecule has 0 N–H and O–H groups in total. The summed E-state index contributed by atoms with van der Waals surface area (Å²) in [5.41, 5.74) is -0.609. The van der Waals surface area contributed by atoms with E-state index in [-0.39, 0.29) is 16.9 Å². The number of nitriles is 1. The van der Waals surface area contributed by atoms with Crippen LogP contribution in [0.2, 0.25) is 0 Å². The van der Waals surface area contributed by atoms with Crippen LogP contribution in [0, 0.1) is 11.3 Å². The summed E-state index contributed by atoms with van der Waals surface area (Å²) in [5.74, 6) is -1.32. The summed E-state index contributed by atoms with van der Waals surface area (Å²) in [6.45, 7) is -3.12. The van der Waals surface area contributed by atoms with Crippen LogP contribution in [0.4, 0.5) is 8.78 Å². The van der Waals surface area contributed by atoms with Gasteiger partial charge in [0.05, 0.1) is 14.2 Å². The van der Waals surface area contributed by atoms with E-state index in [0.29, 0.717) is 0 Å². The largest absolute Gasteiger partial charge is 0.495 e. The molecule has 0 heterocycles. The minimum atomic E-state index is -3.12. The summed E-state index contributed by atoms with van der Waals surface area (Å²) in [4.78, 5) is 11.5. The van der Waals surface area contributed by atoms with Gasteiger partial charge in [-0.05, 0) is 12.1 Å². The van der Waals surface area contributed by atoms with Crippen molar-refractivity contribution < 1.29 is 27.8 Å². The Labute approximate surface area is 101 Å². The number of nitrogens with zero attached hydrogens (tertiary/aromatic N) is 1. The van der Waals surface area contributed by atoms with E-state index in [2.05, 4.69) is 9.47 Å². The number of hydrogen-bond donors (Lipinski definition) is 0. The quantitative estimate of drug-likeness (QED) is 0.771. The van der Waals surface area contributed by atoms with Crippen LogP contribution in [0.15, 0.2) is 12.1 Å². The molecular formula is C11H9F2NO4. The van der Waals surface area contributed by atoms with E-state index in [9.17, 15) is 13.6 Å². The SMILES string of the molecule is COC(=O)c1c(OC(F)F)ccc(OC)c1C#N. The maximum absolute atomic E-state index is 12.2. The van der Waals surface area contributed by atoms with Crippen LogP contribution in [0.5, 0.6) is 11.5 Å². The standard InChI is InChI=1S/C11H9F2NO4/c1-16-7-3-4-8(18-11(12)13)9(6(7)5-14)10(15)17-2/h3-4,11H,1-2H3. The van der Waals surface area contributed by atoms with Gasteiger partial charge < -0.3 is 14.2 Å². The molecule has 0 aliphatic carbocycles. The number of halogens is 2. The van der Waals surface area contributed by atoms with Crippen molar-refractivity contribution in [3.05, 3.63) is 23.3 Å². The lowest BCUT2D eigenvalue weighted by Crippen LogP contribution is -2.11. The molecule has 18 heavy (non-hydrogen) atoms. The molecule has 0 bridgehead atoms. The van der Waals surface area contributed by atoms with Crippen LogP contribution in [-0.4, -0.2) is 26.8 Å². The summed E-state index contributed by atoms with van der Waals surface area (Å²) in [6, 6.07) is 4.06. The Morgan fingerprint density at radius 2 is 1.94 bits per heavy atom. The summed E-state index contributed by atoms with van der Waals surface area (Å²) < 4.78 is 37.9. The van der Waals surface area contributed by atoms with Gasteiger partial charge in [-0.15, -0.1) is 0 Å². The molecule has 1 aromatic rings. The first kappa shape index (κ1) is 13.7. The molecule has 0 fully saturated rings. The monoisotopic (exact) mass is 257 g/mol. The molecule has 0 spiro atoms. The second-order valence-electron chi connectivity index (χ2n) is 3.00. The molecule has 0 aromatic heterocycles. The van der Waals surface area contributed by atoms with E-state index in [1.54, 1.807) is 6.07 Å². The van der Waals surface area contributed by atoms with Gasteiger partial charge in [0, 0.05) is 0 Å². The molecule has 0 atom stereocenters. The Bertz CT molecular complexity index is 497. The van der Waals surface area contributed by atoms with Crippen molar-refractivity contribution in [1.29, 1.82) is 5.26 Å². The van der Waals surface area contributed by atoms with Crippen molar-refractivity contribution in [2.75, 3.05) is 14.2 Å². The number of hydrogen-bond acceptors (Lipinski definition) is 5. The van der Waals surface area contributed by atoms with Crippen molar-refractivity contribution >= 4 is 5.97 Å². The zero-order chi connectivity index (χ0) is 13.7. The lowest BCUT2D eigenvalue weighted by Gasteiger charge is -2.12. The molecule has 0 aliphatic rings. The molecule has 0 saturated heterocycles. The first-order chi connectivity index (χ1) is 8.54. The number of carbonyl (C=O) groups excluding carboxylic acids is 1. The van der Waals surface area contributed by atoms with Gasteiger partial charge in [0.25, 0.3) is 0 Å². The van der Waals surface area contributed by atoms with Crippen LogP contribution in [-0.2, 0) is 4.74 Å². The number of methoxy groups -OCH3 is 2. The zero-order valence-corrected chi connectivity index (χ0v) is 9.57. The number of ether oxygens (including phenoxy) is 3.